The van der Waals surface area contributed by atoms with E-state index in [0.717, 1.165) is 17.9 Å². The highest BCUT2D eigenvalue weighted by molar-refractivity contribution is 5.92. The first-order valence-corrected chi connectivity index (χ1v) is 6.49. The first kappa shape index (κ1) is 14.3. The lowest BCUT2D eigenvalue weighted by Crippen LogP contribution is -2.34. The molecule has 108 valence electrons. The summed E-state index contributed by atoms with van der Waals surface area (Å²) in [5, 5.41) is 6.66. The van der Waals surface area contributed by atoms with E-state index < -0.39 is 6.03 Å². The second-order valence-electron chi connectivity index (χ2n) is 4.36. The molecule has 0 unspecified atom stereocenters. The molecule has 2 amide bonds. The lowest BCUT2D eigenvalue weighted by molar-refractivity contribution is 0.0257. The molecule has 0 atom stereocenters. The molecule has 2 rings (SSSR count). The number of urea groups is 1. The Balaban J connectivity index is 2.20. The molecule has 1 heterocycles. The van der Waals surface area contributed by atoms with E-state index in [0.29, 0.717) is 24.7 Å². The van der Waals surface area contributed by atoms with Gasteiger partial charge in [-0.05, 0) is 12.1 Å². The third kappa shape index (κ3) is 3.24. The van der Waals surface area contributed by atoms with Crippen LogP contribution in [0.5, 0.6) is 5.75 Å². The number of benzene rings is 1. The first-order valence-electron chi connectivity index (χ1n) is 6.49. The Hall–Kier alpha value is -2.15. The van der Waals surface area contributed by atoms with Crippen LogP contribution >= 0.6 is 0 Å². The van der Waals surface area contributed by atoms with E-state index in [-0.39, 0.29) is 6.10 Å². The number of anilines is 1. The molecule has 0 spiro atoms. The fourth-order valence-corrected chi connectivity index (χ4v) is 2.02. The molecule has 0 aliphatic carbocycles. The molecule has 7 nitrogen and oxygen atoms in total. The van der Waals surface area contributed by atoms with Crippen molar-refractivity contribution in [2.24, 2.45) is 5.22 Å². The molecular formula is C13H18N4O3. The van der Waals surface area contributed by atoms with Gasteiger partial charge in [0.15, 0.2) is 0 Å². The van der Waals surface area contributed by atoms with Gasteiger partial charge in [0.05, 0.1) is 13.2 Å². The zero-order valence-corrected chi connectivity index (χ0v) is 11.3. The van der Waals surface area contributed by atoms with Gasteiger partial charge >= 0.3 is 6.03 Å². The molecule has 0 aromatic heterocycles. The molecule has 1 saturated heterocycles. The summed E-state index contributed by atoms with van der Waals surface area (Å²) in [6.45, 7) is 1.35. The van der Waals surface area contributed by atoms with Crippen LogP contribution in [0.2, 0.25) is 0 Å². The summed E-state index contributed by atoms with van der Waals surface area (Å²) >= 11 is 0. The number of carbonyl (C=O) groups is 1. The van der Waals surface area contributed by atoms with Crippen LogP contribution in [-0.2, 0) is 4.74 Å². The van der Waals surface area contributed by atoms with Crippen molar-refractivity contribution in [1.29, 1.82) is 5.53 Å². The number of amides is 2. The van der Waals surface area contributed by atoms with E-state index >= 15 is 0 Å². The van der Waals surface area contributed by atoms with Gasteiger partial charge in [-0.1, -0.05) is 17.4 Å². The van der Waals surface area contributed by atoms with Crippen molar-refractivity contribution < 1.29 is 14.3 Å². The van der Waals surface area contributed by atoms with Crippen LogP contribution in [0.25, 0.3) is 0 Å². The van der Waals surface area contributed by atoms with Gasteiger partial charge in [0, 0.05) is 19.9 Å². The van der Waals surface area contributed by atoms with Gasteiger partial charge in [0.2, 0.25) is 0 Å². The third-order valence-electron chi connectivity index (χ3n) is 3.06. The monoisotopic (exact) mass is 278 g/mol. The Morgan fingerprint density at radius 1 is 1.45 bits per heavy atom. The largest absolute Gasteiger partial charge is 0.488 e. The van der Waals surface area contributed by atoms with Crippen LogP contribution in [0.1, 0.15) is 12.8 Å². The number of hydrogen-bond donors (Lipinski definition) is 2. The lowest BCUT2D eigenvalue weighted by Gasteiger charge is -2.25. The van der Waals surface area contributed by atoms with Crippen molar-refractivity contribution in [3.8, 4) is 5.75 Å². The third-order valence-corrected chi connectivity index (χ3v) is 3.06. The molecule has 1 aromatic carbocycles. The molecule has 0 bridgehead atoms. The first-order chi connectivity index (χ1) is 9.76. The fourth-order valence-electron chi connectivity index (χ4n) is 2.02. The molecule has 7 heteroatoms. The van der Waals surface area contributed by atoms with Gasteiger partial charge in [-0.2, -0.15) is 10.5 Å². The zero-order chi connectivity index (χ0) is 14.4. The minimum atomic E-state index is -0.483. The Morgan fingerprint density at radius 2 is 2.15 bits per heavy atom. The molecule has 1 aliphatic rings. The van der Waals surface area contributed by atoms with E-state index in [9.17, 15) is 4.79 Å². The lowest BCUT2D eigenvalue weighted by atomic mass is 10.1. The van der Waals surface area contributed by atoms with Crippen molar-refractivity contribution in [3.05, 3.63) is 24.3 Å². The van der Waals surface area contributed by atoms with E-state index in [1.54, 1.807) is 18.2 Å². The second kappa shape index (κ2) is 6.85. The standard InChI is InChI=1S/C13H18N4O3/c1-15-13(18)17(16-14)11-4-2-3-5-12(11)20-10-6-8-19-9-7-10/h2-5,10,14H,6-9H2,1H3,(H,15,18). The van der Waals surface area contributed by atoms with Crippen molar-refractivity contribution in [3.63, 3.8) is 0 Å². The van der Waals surface area contributed by atoms with Gasteiger partial charge in [0.1, 0.15) is 17.5 Å². The quantitative estimate of drug-likeness (QED) is 0.654. The highest BCUT2D eigenvalue weighted by Crippen LogP contribution is 2.30. The Morgan fingerprint density at radius 3 is 2.80 bits per heavy atom. The van der Waals surface area contributed by atoms with Crippen molar-refractivity contribution in [2.75, 3.05) is 25.3 Å². The van der Waals surface area contributed by atoms with E-state index in [2.05, 4.69) is 10.5 Å². The maximum atomic E-state index is 11.7. The number of rotatable bonds is 4. The number of ether oxygens (including phenoxy) is 2. The van der Waals surface area contributed by atoms with E-state index in [4.69, 9.17) is 15.0 Å². The summed E-state index contributed by atoms with van der Waals surface area (Å²) in [7, 11) is 1.49. The van der Waals surface area contributed by atoms with Gasteiger partial charge in [0.25, 0.3) is 0 Å². The van der Waals surface area contributed by atoms with Crippen LogP contribution in [0, 0.1) is 5.53 Å². The highest BCUT2D eigenvalue weighted by Gasteiger charge is 2.21. The Labute approximate surface area is 117 Å². The van der Waals surface area contributed by atoms with Gasteiger partial charge in [-0.15, -0.1) is 0 Å². The smallest absolute Gasteiger partial charge is 0.343 e. The van der Waals surface area contributed by atoms with Crippen LogP contribution < -0.4 is 15.1 Å². The molecular weight excluding hydrogens is 260 g/mol. The predicted molar refractivity (Wildman–Crippen MR) is 73.0 cm³/mol. The fraction of sp³-hybridized carbons (Fsp3) is 0.462. The number of para-hydroxylation sites is 2. The number of nitrogens with zero attached hydrogens (tertiary/aromatic N) is 2. The number of nitrogens with one attached hydrogen (secondary N) is 2. The van der Waals surface area contributed by atoms with Crippen molar-refractivity contribution >= 4 is 11.7 Å². The molecule has 1 aromatic rings. The van der Waals surface area contributed by atoms with Crippen LogP contribution in [0.4, 0.5) is 10.5 Å². The Kier molecular flexibility index (Phi) is 4.89. The van der Waals surface area contributed by atoms with Crippen LogP contribution in [0.3, 0.4) is 0 Å². The van der Waals surface area contributed by atoms with Crippen LogP contribution in [0.15, 0.2) is 29.5 Å². The summed E-state index contributed by atoms with van der Waals surface area (Å²) in [5.41, 5.74) is 7.61. The zero-order valence-electron chi connectivity index (χ0n) is 11.3. The SMILES string of the molecule is CNC(=O)N(N=N)c1ccccc1OC1CCOCC1. The minimum absolute atomic E-state index is 0.0576. The van der Waals surface area contributed by atoms with Crippen molar-refractivity contribution in [1.82, 2.24) is 5.32 Å². The summed E-state index contributed by atoms with van der Waals surface area (Å²) in [6.07, 6.45) is 1.68. The molecule has 0 saturated carbocycles. The topological polar surface area (TPSA) is 87.0 Å². The summed E-state index contributed by atoms with van der Waals surface area (Å²) < 4.78 is 11.2. The summed E-state index contributed by atoms with van der Waals surface area (Å²) in [4.78, 5) is 11.7. The number of hydrogen-bond acceptors (Lipinski definition) is 5. The summed E-state index contributed by atoms with van der Waals surface area (Å²) in [5.74, 6) is 0.541. The van der Waals surface area contributed by atoms with Gasteiger partial charge in [-0.25, -0.2) is 4.79 Å². The minimum Gasteiger partial charge on any atom is -0.488 e. The van der Waals surface area contributed by atoms with Crippen molar-refractivity contribution in [2.45, 2.75) is 18.9 Å². The molecule has 20 heavy (non-hydrogen) atoms. The average Bonchev–Trinajstić information content (AvgIpc) is 2.50. The normalized spacial score (nSPS) is 15.4. The highest BCUT2D eigenvalue weighted by atomic mass is 16.5. The summed E-state index contributed by atoms with van der Waals surface area (Å²) in [6, 6.07) is 6.58. The maximum absolute atomic E-state index is 11.7. The molecule has 1 aliphatic heterocycles. The van der Waals surface area contributed by atoms with Crippen LogP contribution in [-0.4, -0.2) is 32.4 Å². The molecule has 2 N–H and O–H groups in total. The average molecular weight is 278 g/mol. The Bertz CT molecular complexity index is 474. The number of carbonyl (C=O) groups excluding carboxylic acids is 1. The predicted octanol–water partition coefficient (Wildman–Crippen LogP) is 2.34. The van der Waals surface area contributed by atoms with E-state index in [1.165, 1.54) is 7.05 Å². The van der Waals surface area contributed by atoms with E-state index in [1.807, 2.05) is 6.07 Å². The molecule has 1 fully saturated rings. The maximum Gasteiger partial charge on any atom is 0.343 e. The second-order valence-corrected chi connectivity index (χ2v) is 4.36. The molecule has 0 radical (unpaired) electrons. The van der Waals surface area contributed by atoms with Gasteiger partial charge < -0.3 is 14.8 Å². The van der Waals surface area contributed by atoms with Gasteiger partial charge in [-0.3, -0.25) is 0 Å².